The summed E-state index contributed by atoms with van der Waals surface area (Å²) in [4.78, 5) is 28.6. The highest BCUT2D eigenvalue weighted by Crippen LogP contribution is 2.34. The van der Waals surface area contributed by atoms with Crippen molar-refractivity contribution >= 4 is 44.2 Å². The molecule has 1 aromatic heterocycles. The molecular formula is C30H32FN3O3S. The lowest BCUT2D eigenvalue weighted by atomic mass is 10.0. The number of hydrogen-bond acceptors (Lipinski definition) is 5. The van der Waals surface area contributed by atoms with Crippen molar-refractivity contribution in [3.8, 4) is 11.1 Å². The summed E-state index contributed by atoms with van der Waals surface area (Å²) in [6, 6.07) is 16.9. The van der Waals surface area contributed by atoms with Crippen molar-refractivity contribution in [2.45, 2.75) is 52.5 Å². The van der Waals surface area contributed by atoms with Gasteiger partial charge in [0.25, 0.3) is 5.91 Å². The molecule has 0 saturated heterocycles. The Morgan fingerprint density at radius 1 is 1.05 bits per heavy atom. The van der Waals surface area contributed by atoms with E-state index in [0.717, 1.165) is 28.6 Å². The minimum absolute atomic E-state index is 0. The quantitative estimate of drug-likeness (QED) is 0.206. The summed E-state index contributed by atoms with van der Waals surface area (Å²) < 4.78 is 16.0. The predicted molar refractivity (Wildman–Crippen MR) is 152 cm³/mol. The number of thiazole rings is 1. The van der Waals surface area contributed by atoms with Crippen LogP contribution in [0.1, 0.15) is 62.4 Å². The molecule has 6 nitrogen and oxygen atoms in total. The molecule has 8 heteroatoms. The summed E-state index contributed by atoms with van der Waals surface area (Å²) in [6.45, 7) is 4.29. The van der Waals surface area contributed by atoms with Crippen LogP contribution in [-0.4, -0.2) is 28.0 Å². The van der Waals surface area contributed by atoms with Crippen LogP contribution in [0.3, 0.4) is 0 Å². The highest BCUT2D eigenvalue weighted by molar-refractivity contribution is 7.22. The fraction of sp³-hybridized carbons (Fsp3) is 0.300. The third-order valence-electron chi connectivity index (χ3n) is 6.64. The first-order chi connectivity index (χ1) is 17.8. The molecule has 0 spiro atoms. The number of halogens is 1. The second-order valence-corrected chi connectivity index (χ2v) is 10.9. The molecule has 0 unspecified atom stereocenters. The number of anilines is 2. The normalized spacial score (nSPS) is 13.7. The van der Waals surface area contributed by atoms with Gasteiger partial charge in [-0.05, 0) is 71.3 Å². The summed E-state index contributed by atoms with van der Waals surface area (Å²) in [7, 11) is 0. The number of carboxylic acids is 1. The molecule has 1 amide bonds. The molecule has 198 valence electrons. The van der Waals surface area contributed by atoms with Gasteiger partial charge in [-0.2, -0.15) is 0 Å². The second kappa shape index (κ2) is 11.3. The molecule has 1 atom stereocenters. The lowest BCUT2D eigenvalue weighted by Crippen LogP contribution is -2.41. The SMILES string of the molecule is C.CC(C)c1ccc2nc(Nc3ccc(-c4ccc(C(=O)N[C@@H](CC5CC5)C(=O)O)cc4)cc3F)sc2c1. The number of amides is 1. The van der Waals surface area contributed by atoms with Crippen molar-refractivity contribution in [3.05, 3.63) is 77.6 Å². The number of carbonyl (C=O) groups is 2. The van der Waals surface area contributed by atoms with E-state index in [0.29, 0.717) is 40.2 Å². The smallest absolute Gasteiger partial charge is 0.326 e. The number of rotatable bonds is 9. The maximum Gasteiger partial charge on any atom is 0.326 e. The zero-order valence-electron chi connectivity index (χ0n) is 20.6. The van der Waals surface area contributed by atoms with E-state index in [-0.39, 0.29) is 7.43 Å². The van der Waals surface area contributed by atoms with E-state index in [1.54, 1.807) is 36.4 Å². The van der Waals surface area contributed by atoms with Gasteiger partial charge >= 0.3 is 5.97 Å². The van der Waals surface area contributed by atoms with Crippen molar-refractivity contribution in [1.29, 1.82) is 0 Å². The van der Waals surface area contributed by atoms with Gasteiger partial charge in [0.1, 0.15) is 11.9 Å². The fourth-order valence-corrected chi connectivity index (χ4v) is 5.16. The second-order valence-electron chi connectivity index (χ2n) is 9.84. The van der Waals surface area contributed by atoms with Gasteiger partial charge in [-0.3, -0.25) is 4.79 Å². The molecule has 1 saturated carbocycles. The van der Waals surface area contributed by atoms with Crippen LogP contribution < -0.4 is 10.6 Å². The first-order valence-electron chi connectivity index (χ1n) is 12.4. The summed E-state index contributed by atoms with van der Waals surface area (Å²) in [5.74, 6) is -1.06. The van der Waals surface area contributed by atoms with Gasteiger partial charge in [-0.15, -0.1) is 0 Å². The molecule has 5 rings (SSSR count). The average Bonchev–Trinajstić information content (AvgIpc) is 3.60. The van der Waals surface area contributed by atoms with Crippen molar-refractivity contribution in [1.82, 2.24) is 10.3 Å². The fourth-order valence-electron chi connectivity index (χ4n) is 4.23. The van der Waals surface area contributed by atoms with Crippen LogP contribution in [0.5, 0.6) is 0 Å². The summed E-state index contributed by atoms with van der Waals surface area (Å²) in [6.07, 6.45) is 2.48. The van der Waals surface area contributed by atoms with Gasteiger partial charge in [-0.1, -0.05) is 69.7 Å². The number of carbonyl (C=O) groups excluding carboxylic acids is 1. The zero-order chi connectivity index (χ0) is 26.1. The highest BCUT2D eigenvalue weighted by Gasteiger charge is 2.30. The predicted octanol–water partition coefficient (Wildman–Crippen LogP) is 7.59. The topological polar surface area (TPSA) is 91.3 Å². The van der Waals surface area contributed by atoms with E-state index in [9.17, 15) is 19.1 Å². The number of nitrogens with one attached hydrogen (secondary N) is 2. The van der Waals surface area contributed by atoms with Gasteiger partial charge < -0.3 is 15.7 Å². The maximum atomic E-state index is 15.0. The van der Waals surface area contributed by atoms with Gasteiger partial charge in [0.15, 0.2) is 5.13 Å². The minimum Gasteiger partial charge on any atom is -0.480 e. The highest BCUT2D eigenvalue weighted by atomic mass is 32.1. The Morgan fingerprint density at radius 3 is 2.39 bits per heavy atom. The van der Waals surface area contributed by atoms with E-state index in [1.807, 2.05) is 6.07 Å². The Hall–Kier alpha value is -3.78. The summed E-state index contributed by atoms with van der Waals surface area (Å²) in [5, 5.41) is 15.7. The van der Waals surface area contributed by atoms with E-state index in [4.69, 9.17) is 0 Å². The molecule has 3 N–H and O–H groups in total. The Kier molecular flexibility index (Phi) is 8.11. The standard InChI is InChI=1S/C29H28FN3O3S.CH4/c1-16(2)20-9-12-24-26(15-20)37-29(33-24)32-23-11-10-21(14-22(23)30)18-5-7-19(8-6-18)27(34)31-25(28(35)36)13-17-3-4-17;/h5-12,14-17,25H,3-4,13H2,1-2H3,(H,31,34)(H,32,33)(H,35,36);1H4/t25-;/m0./s1. The Bertz CT molecular complexity index is 1460. The van der Waals surface area contributed by atoms with Crippen LogP contribution in [0.2, 0.25) is 0 Å². The molecule has 1 fully saturated rings. The summed E-state index contributed by atoms with van der Waals surface area (Å²) in [5.41, 5.74) is 4.22. The van der Waals surface area contributed by atoms with Crippen LogP contribution in [0.4, 0.5) is 15.2 Å². The Balaban J connectivity index is 0.00000336. The average molecular weight is 534 g/mol. The number of fused-ring (bicyclic) bond motifs is 1. The van der Waals surface area contributed by atoms with Crippen LogP contribution in [-0.2, 0) is 4.79 Å². The molecule has 3 aromatic carbocycles. The van der Waals surface area contributed by atoms with Gasteiger partial charge in [-0.25, -0.2) is 14.2 Å². The first-order valence-corrected chi connectivity index (χ1v) is 13.2. The molecule has 38 heavy (non-hydrogen) atoms. The number of aromatic nitrogens is 1. The molecule has 0 bridgehead atoms. The van der Waals surface area contributed by atoms with Gasteiger partial charge in [0, 0.05) is 5.56 Å². The lowest BCUT2D eigenvalue weighted by molar-refractivity contribution is -0.139. The van der Waals surface area contributed by atoms with E-state index < -0.39 is 23.7 Å². The van der Waals surface area contributed by atoms with Crippen LogP contribution in [0.15, 0.2) is 60.7 Å². The van der Waals surface area contributed by atoms with Crippen molar-refractivity contribution in [2.24, 2.45) is 5.92 Å². The Morgan fingerprint density at radius 2 is 1.76 bits per heavy atom. The number of nitrogens with zero attached hydrogens (tertiary/aromatic N) is 1. The molecule has 0 radical (unpaired) electrons. The van der Waals surface area contributed by atoms with Crippen molar-refractivity contribution < 1.29 is 19.1 Å². The van der Waals surface area contributed by atoms with Crippen LogP contribution in [0.25, 0.3) is 21.3 Å². The first kappa shape index (κ1) is 27.3. The number of carboxylic acid groups (broad SMARTS) is 1. The monoisotopic (exact) mass is 533 g/mol. The van der Waals surface area contributed by atoms with Gasteiger partial charge in [0.05, 0.1) is 15.9 Å². The zero-order valence-corrected chi connectivity index (χ0v) is 21.4. The molecule has 4 aromatic rings. The third-order valence-corrected chi connectivity index (χ3v) is 7.57. The van der Waals surface area contributed by atoms with E-state index >= 15 is 0 Å². The summed E-state index contributed by atoms with van der Waals surface area (Å²) >= 11 is 1.49. The van der Waals surface area contributed by atoms with Crippen molar-refractivity contribution in [3.63, 3.8) is 0 Å². The largest absolute Gasteiger partial charge is 0.480 e. The molecule has 1 heterocycles. The van der Waals surface area contributed by atoms with Crippen molar-refractivity contribution in [2.75, 3.05) is 5.32 Å². The van der Waals surface area contributed by atoms with E-state index in [1.165, 1.54) is 23.0 Å². The maximum absolute atomic E-state index is 15.0. The molecule has 1 aliphatic rings. The lowest BCUT2D eigenvalue weighted by Gasteiger charge is -2.14. The molecular weight excluding hydrogens is 501 g/mol. The molecule has 1 aliphatic carbocycles. The number of hydrogen-bond donors (Lipinski definition) is 3. The minimum atomic E-state index is -1.02. The molecule has 0 aliphatic heterocycles. The van der Waals surface area contributed by atoms with Crippen LogP contribution in [0, 0.1) is 11.7 Å². The van der Waals surface area contributed by atoms with Crippen LogP contribution >= 0.6 is 11.3 Å². The number of benzene rings is 3. The van der Waals surface area contributed by atoms with Gasteiger partial charge in [0.2, 0.25) is 0 Å². The number of aliphatic carboxylic acids is 1. The Labute approximate surface area is 225 Å². The third kappa shape index (κ3) is 6.19. The van der Waals surface area contributed by atoms with E-state index in [2.05, 4.69) is 41.6 Å².